The zero-order valence-corrected chi connectivity index (χ0v) is 14.9. The Morgan fingerprint density at radius 3 is 2.32 bits per heavy atom. The van der Waals surface area contributed by atoms with E-state index >= 15 is 0 Å². The van der Waals surface area contributed by atoms with Crippen molar-refractivity contribution in [1.29, 1.82) is 0 Å². The van der Waals surface area contributed by atoms with E-state index in [-0.39, 0.29) is 33.7 Å². The molecule has 2 N–H and O–H groups in total. The lowest BCUT2D eigenvalue weighted by Crippen LogP contribution is -2.30. The van der Waals surface area contributed by atoms with Crippen LogP contribution in [0.1, 0.15) is 65.1 Å². The quantitative estimate of drug-likeness (QED) is 0.790. The molecule has 140 valence electrons. The lowest BCUT2D eigenvalue weighted by Gasteiger charge is -2.11. The van der Waals surface area contributed by atoms with Gasteiger partial charge in [0.15, 0.2) is 0 Å². The largest absolute Gasteiger partial charge is 0.322 e. The highest BCUT2D eigenvalue weighted by Gasteiger charge is 2.35. The summed E-state index contributed by atoms with van der Waals surface area (Å²) >= 11 is 0. The van der Waals surface area contributed by atoms with Crippen molar-refractivity contribution in [3.8, 4) is 0 Å². The van der Waals surface area contributed by atoms with Crippen molar-refractivity contribution >= 4 is 35.2 Å². The number of hydrogen-bond donors (Lipinski definition) is 2. The summed E-state index contributed by atoms with van der Waals surface area (Å²) in [5.41, 5.74) is 1.46. The summed E-state index contributed by atoms with van der Waals surface area (Å²) in [6.45, 7) is 2.19. The molecule has 8 nitrogen and oxygen atoms in total. The van der Waals surface area contributed by atoms with E-state index in [4.69, 9.17) is 0 Å². The predicted molar refractivity (Wildman–Crippen MR) is 98.3 cm³/mol. The van der Waals surface area contributed by atoms with Gasteiger partial charge in [0, 0.05) is 17.8 Å². The molecule has 0 aromatic heterocycles. The van der Waals surface area contributed by atoms with Crippen LogP contribution in [0.5, 0.6) is 0 Å². The minimum Gasteiger partial charge on any atom is -0.322 e. The summed E-state index contributed by atoms with van der Waals surface area (Å²) in [6, 6.07) is 8.72. The summed E-state index contributed by atoms with van der Waals surface area (Å²) in [4.78, 5) is 61.8. The van der Waals surface area contributed by atoms with E-state index in [9.17, 15) is 24.0 Å². The van der Waals surface area contributed by atoms with Crippen LogP contribution < -0.4 is 10.6 Å². The zero-order valence-electron chi connectivity index (χ0n) is 14.9. The third-order valence-electron chi connectivity index (χ3n) is 4.67. The number of carbonyl (C=O) groups is 5. The van der Waals surface area contributed by atoms with Gasteiger partial charge in [-0.25, -0.2) is 0 Å². The average molecular weight is 377 g/mol. The molecule has 0 saturated heterocycles. The van der Waals surface area contributed by atoms with Crippen LogP contribution in [-0.2, 0) is 0 Å². The molecule has 0 aliphatic carbocycles. The SMILES string of the molecule is CCCN1C(=O)c2ccc(C(=O)Nc3ccc4c(c3)C(=O)NC4=O)cc2C1=O. The number of fused-ring (bicyclic) bond motifs is 2. The Hall–Kier alpha value is -3.81. The average Bonchev–Trinajstić information content (AvgIpc) is 3.10. The lowest BCUT2D eigenvalue weighted by atomic mass is 10.0. The number of nitrogens with zero attached hydrogens (tertiary/aromatic N) is 1. The number of carbonyl (C=O) groups excluding carboxylic acids is 5. The number of amides is 5. The highest BCUT2D eigenvalue weighted by atomic mass is 16.2. The van der Waals surface area contributed by atoms with Crippen molar-refractivity contribution in [1.82, 2.24) is 10.2 Å². The van der Waals surface area contributed by atoms with Gasteiger partial charge in [-0.05, 0) is 42.8 Å². The molecule has 0 saturated carbocycles. The van der Waals surface area contributed by atoms with Crippen molar-refractivity contribution in [2.24, 2.45) is 0 Å². The van der Waals surface area contributed by atoms with Gasteiger partial charge in [-0.1, -0.05) is 6.92 Å². The molecule has 0 bridgehead atoms. The van der Waals surface area contributed by atoms with E-state index in [2.05, 4.69) is 10.6 Å². The summed E-state index contributed by atoms with van der Waals surface area (Å²) in [7, 11) is 0. The van der Waals surface area contributed by atoms with Gasteiger partial charge in [0.1, 0.15) is 0 Å². The van der Waals surface area contributed by atoms with E-state index in [0.29, 0.717) is 18.7 Å². The van der Waals surface area contributed by atoms with E-state index < -0.39 is 23.6 Å². The standard InChI is InChI=1S/C20H15N3O5/c1-2-7-23-19(27)13-5-3-10(8-15(13)20(23)28)16(24)21-11-4-6-12-14(9-11)18(26)22-17(12)25/h3-6,8-9H,2,7H2,1H3,(H,21,24)(H,22,25,26). The van der Waals surface area contributed by atoms with Crippen molar-refractivity contribution in [3.05, 3.63) is 64.2 Å². The van der Waals surface area contributed by atoms with Gasteiger partial charge in [0.2, 0.25) is 0 Å². The maximum atomic E-state index is 12.6. The minimum atomic E-state index is -0.520. The van der Waals surface area contributed by atoms with E-state index in [1.54, 1.807) is 0 Å². The van der Waals surface area contributed by atoms with Gasteiger partial charge in [-0.3, -0.25) is 34.2 Å². The van der Waals surface area contributed by atoms with Crippen molar-refractivity contribution < 1.29 is 24.0 Å². The van der Waals surface area contributed by atoms with Gasteiger partial charge in [0.25, 0.3) is 29.5 Å². The number of anilines is 1. The van der Waals surface area contributed by atoms with Crippen LogP contribution in [-0.4, -0.2) is 41.0 Å². The molecule has 0 radical (unpaired) electrons. The van der Waals surface area contributed by atoms with E-state index in [1.807, 2.05) is 6.92 Å². The summed E-state index contributed by atoms with van der Waals surface area (Å²) in [5, 5.41) is 4.82. The Kier molecular flexibility index (Phi) is 4.03. The monoisotopic (exact) mass is 377 g/mol. The fourth-order valence-electron chi connectivity index (χ4n) is 3.31. The zero-order chi connectivity index (χ0) is 20.0. The fourth-order valence-corrected chi connectivity index (χ4v) is 3.31. The molecular weight excluding hydrogens is 362 g/mol. The molecule has 5 amide bonds. The lowest BCUT2D eigenvalue weighted by molar-refractivity contribution is 0.0653. The summed E-state index contributed by atoms with van der Waals surface area (Å²) in [6.07, 6.45) is 0.646. The number of imide groups is 2. The topological polar surface area (TPSA) is 113 Å². The van der Waals surface area contributed by atoms with Gasteiger partial charge < -0.3 is 5.32 Å². The molecule has 2 aliphatic heterocycles. The second-order valence-electron chi connectivity index (χ2n) is 6.52. The molecule has 0 unspecified atom stereocenters. The molecule has 2 heterocycles. The number of nitrogens with one attached hydrogen (secondary N) is 2. The van der Waals surface area contributed by atoms with Crippen LogP contribution >= 0.6 is 0 Å². The fraction of sp³-hybridized carbons (Fsp3) is 0.150. The van der Waals surface area contributed by atoms with E-state index in [0.717, 1.165) is 0 Å². The Morgan fingerprint density at radius 2 is 1.57 bits per heavy atom. The highest BCUT2D eigenvalue weighted by molar-refractivity contribution is 6.23. The number of benzene rings is 2. The van der Waals surface area contributed by atoms with Crippen molar-refractivity contribution in [3.63, 3.8) is 0 Å². The van der Waals surface area contributed by atoms with Gasteiger partial charge in [-0.15, -0.1) is 0 Å². The maximum Gasteiger partial charge on any atom is 0.261 e. The molecule has 8 heteroatoms. The van der Waals surface area contributed by atoms with Gasteiger partial charge >= 0.3 is 0 Å². The summed E-state index contributed by atoms with van der Waals surface area (Å²) in [5.74, 6) is -2.26. The Morgan fingerprint density at radius 1 is 0.893 bits per heavy atom. The Balaban J connectivity index is 1.59. The van der Waals surface area contributed by atoms with Crippen LogP contribution in [0.3, 0.4) is 0 Å². The molecular formula is C20H15N3O5. The van der Waals surface area contributed by atoms with Gasteiger partial charge in [-0.2, -0.15) is 0 Å². The van der Waals surface area contributed by atoms with Crippen LogP contribution in [0, 0.1) is 0 Å². The third kappa shape index (κ3) is 2.66. The van der Waals surface area contributed by atoms with Crippen LogP contribution in [0.15, 0.2) is 36.4 Å². The second-order valence-corrected chi connectivity index (χ2v) is 6.52. The maximum absolute atomic E-state index is 12.6. The van der Waals surface area contributed by atoms with Crippen LogP contribution in [0.4, 0.5) is 5.69 Å². The van der Waals surface area contributed by atoms with E-state index in [1.165, 1.54) is 41.3 Å². The Labute approximate surface area is 159 Å². The third-order valence-corrected chi connectivity index (χ3v) is 4.67. The first-order valence-electron chi connectivity index (χ1n) is 8.72. The molecule has 2 aromatic rings. The molecule has 0 fully saturated rings. The number of rotatable bonds is 4. The highest BCUT2D eigenvalue weighted by Crippen LogP contribution is 2.25. The summed E-state index contributed by atoms with van der Waals surface area (Å²) < 4.78 is 0. The molecule has 0 spiro atoms. The molecule has 4 rings (SSSR count). The molecule has 2 aromatic carbocycles. The first-order valence-corrected chi connectivity index (χ1v) is 8.72. The number of hydrogen-bond acceptors (Lipinski definition) is 5. The van der Waals surface area contributed by atoms with Crippen molar-refractivity contribution in [2.75, 3.05) is 11.9 Å². The molecule has 0 atom stereocenters. The Bertz CT molecular complexity index is 1090. The molecule has 2 aliphatic rings. The first-order chi connectivity index (χ1) is 13.4. The second kappa shape index (κ2) is 6.41. The first kappa shape index (κ1) is 17.6. The predicted octanol–water partition coefficient (Wildman–Crippen LogP) is 1.83. The smallest absolute Gasteiger partial charge is 0.261 e. The van der Waals surface area contributed by atoms with Gasteiger partial charge in [0.05, 0.1) is 22.3 Å². The minimum absolute atomic E-state index is 0.188. The van der Waals surface area contributed by atoms with Crippen LogP contribution in [0.25, 0.3) is 0 Å². The normalized spacial score (nSPS) is 14.8. The van der Waals surface area contributed by atoms with Crippen molar-refractivity contribution in [2.45, 2.75) is 13.3 Å². The van der Waals surface area contributed by atoms with Crippen LogP contribution in [0.2, 0.25) is 0 Å². The molecule has 28 heavy (non-hydrogen) atoms.